The fraction of sp³-hybridized carbons (Fsp3) is 0.462. The summed E-state index contributed by atoms with van der Waals surface area (Å²) in [6.07, 6.45) is -1.19. The molecule has 0 heterocycles. The Morgan fingerprint density at radius 1 is 1.41 bits per heavy atom. The number of carbonyl (C=O) groups is 1. The molecular weight excluding hydrogens is 240 g/mol. The average molecular weight is 257 g/mol. The third kappa shape index (κ3) is 2.99. The number of aryl methyl sites for hydroxylation is 1. The van der Waals surface area contributed by atoms with Crippen molar-refractivity contribution in [2.45, 2.75) is 26.9 Å². The van der Waals surface area contributed by atoms with Gasteiger partial charge in [0.25, 0.3) is 0 Å². The van der Waals surface area contributed by atoms with Crippen molar-refractivity contribution < 1.29 is 14.6 Å². The number of rotatable bonds is 4. The summed E-state index contributed by atoms with van der Waals surface area (Å²) in [5, 5.41) is 10.5. The fourth-order valence-electron chi connectivity index (χ4n) is 1.53. The highest BCUT2D eigenvalue weighted by atomic mass is 35.5. The number of benzene rings is 1. The summed E-state index contributed by atoms with van der Waals surface area (Å²) in [6.45, 7) is 5.33. The third-order valence-corrected chi connectivity index (χ3v) is 3.05. The van der Waals surface area contributed by atoms with Crippen molar-refractivity contribution in [1.29, 1.82) is 0 Å². The number of Topliss-reactive ketones (excluding diaryl/α,β-unsaturated/α-hetero) is 1. The minimum absolute atomic E-state index is 0.241. The Labute approximate surface area is 106 Å². The molecule has 17 heavy (non-hydrogen) atoms. The van der Waals surface area contributed by atoms with E-state index in [1.54, 1.807) is 26.0 Å². The maximum Gasteiger partial charge on any atom is 0.168 e. The molecule has 1 atom stereocenters. The lowest BCUT2D eigenvalue weighted by Gasteiger charge is -2.17. The molecule has 1 N–H and O–H groups in total. The molecule has 3 nitrogen and oxygen atoms in total. The molecule has 1 aromatic rings. The van der Waals surface area contributed by atoms with Gasteiger partial charge in [-0.1, -0.05) is 25.4 Å². The normalized spacial score (nSPS) is 12.6. The Balaban J connectivity index is 3.21. The molecule has 0 aliphatic carbocycles. The van der Waals surface area contributed by atoms with Crippen LogP contribution in [0.3, 0.4) is 0 Å². The van der Waals surface area contributed by atoms with E-state index in [1.807, 2.05) is 6.92 Å². The maximum absolute atomic E-state index is 11.8. The van der Waals surface area contributed by atoms with Gasteiger partial charge in [-0.25, -0.2) is 0 Å². The zero-order valence-corrected chi connectivity index (χ0v) is 11.2. The van der Waals surface area contributed by atoms with Crippen LogP contribution in [0.5, 0.6) is 5.75 Å². The second-order valence-electron chi connectivity index (χ2n) is 4.30. The third-order valence-electron chi connectivity index (χ3n) is 2.64. The van der Waals surface area contributed by atoms with Crippen LogP contribution in [0.15, 0.2) is 12.1 Å². The Morgan fingerprint density at radius 2 is 2.00 bits per heavy atom. The highest BCUT2D eigenvalue weighted by molar-refractivity contribution is 6.31. The lowest BCUT2D eigenvalue weighted by molar-refractivity contribution is -0.130. The first-order chi connectivity index (χ1) is 7.88. The van der Waals surface area contributed by atoms with Gasteiger partial charge in [0.15, 0.2) is 5.78 Å². The standard InChI is InChI=1S/C13H17ClO3/c1-7(2)12(15)13(16)9-6-10(14)8(3)5-11(9)17-4/h5-7,13,16H,1-4H3. The summed E-state index contributed by atoms with van der Waals surface area (Å²) >= 11 is 5.99. The van der Waals surface area contributed by atoms with Crippen LogP contribution in [0, 0.1) is 12.8 Å². The van der Waals surface area contributed by atoms with Gasteiger partial charge < -0.3 is 9.84 Å². The highest BCUT2D eigenvalue weighted by Gasteiger charge is 2.24. The molecule has 0 bridgehead atoms. The number of aliphatic hydroxyl groups excluding tert-OH is 1. The predicted molar refractivity (Wildman–Crippen MR) is 67.5 cm³/mol. The molecule has 0 aliphatic rings. The van der Waals surface area contributed by atoms with Crippen molar-refractivity contribution in [3.63, 3.8) is 0 Å². The van der Waals surface area contributed by atoms with Crippen LogP contribution in [-0.4, -0.2) is 18.0 Å². The van der Waals surface area contributed by atoms with Gasteiger partial charge in [-0.2, -0.15) is 0 Å². The molecule has 1 aromatic carbocycles. The van der Waals surface area contributed by atoms with Gasteiger partial charge in [0.1, 0.15) is 11.9 Å². The van der Waals surface area contributed by atoms with Crippen molar-refractivity contribution in [1.82, 2.24) is 0 Å². The molecule has 0 amide bonds. The van der Waals surface area contributed by atoms with Gasteiger partial charge in [0, 0.05) is 16.5 Å². The number of halogens is 1. The molecular formula is C13H17ClO3. The Hall–Kier alpha value is -1.06. The summed E-state index contributed by atoms with van der Waals surface area (Å²) in [5.41, 5.74) is 1.26. The summed E-state index contributed by atoms with van der Waals surface area (Å²) in [5.74, 6) is -0.00796. The summed E-state index contributed by atoms with van der Waals surface area (Å²) in [4.78, 5) is 11.8. The van der Waals surface area contributed by atoms with E-state index in [0.29, 0.717) is 16.3 Å². The second-order valence-corrected chi connectivity index (χ2v) is 4.71. The number of methoxy groups -OCH3 is 1. The Kier molecular flexibility index (Phi) is 4.54. The van der Waals surface area contributed by atoms with E-state index >= 15 is 0 Å². The number of hydrogen-bond donors (Lipinski definition) is 1. The molecule has 0 aliphatic heterocycles. The molecule has 0 saturated heterocycles. The zero-order valence-electron chi connectivity index (χ0n) is 10.5. The second kappa shape index (κ2) is 5.52. The smallest absolute Gasteiger partial charge is 0.168 e. The lowest BCUT2D eigenvalue weighted by atomic mass is 9.96. The van der Waals surface area contributed by atoms with Crippen LogP contribution in [0.2, 0.25) is 5.02 Å². The van der Waals surface area contributed by atoms with Crippen LogP contribution in [-0.2, 0) is 4.79 Å². The average Bonchev–Trinajstić information content (AvgIpc) is 2.29. The summed E-state index contributed by atoms with van der Waals surface area (Å²) in [6, 6.07) is 3.30. The maximum atomic E-state index is 11.8. The first-order valence-corrected chi connectivity index (χ1v) is 5.82. The first-order valence-electron chi connectivity index (χ1n) is 5.44. The lowest BCUT2D eigenvalue weighted by Crippen LogP contribution is -2.18. The minimum Gasteiger partial charge on any atom is -0.496 e. The SMILES string of the molecule is COc1cc(C)c(Cl)cc1C(O)C(=O)C(C)C. The van der Waals surface area contributed by atoms with Crippen LogP contribution in [0.25, 0.3) is 0 Å². The van der Waals surface area contributed by atoms with E-state index < -0.39 is 6.10 Å². The number of carbonyl (C=O) groups excluding carboxylic acids is 1. The van der Waals surface area contributed by atoms with E-state index in [1.165, 1.54) is 7.11 Å². The van der Waals surface area contributed by atoms with Crippen molar-refractivity contribution in [3.8, 4) is 5.75 Å². The van der Waals surface area contributed by atoms with E-state index in [0.717, 1.165) is 5.56 Å². The van der Waals surface area contributed by atoms with Gasteiger partial charge in [-0.3, -0.25) is 4.79 Å². The quantitative estimate of drug-likeness (QED) is 0.901. The van der Waals surface area contributed by atoms with Gasteiger partial charge in [-0.15, -0.1) is 0 Å². The minimum atomic E-state index is -1.19. The molecule has 0 radical (unpaired) electrons. The summed E-state index contributed by atoms with van der Waals surface area (Å²) < 4.78 is 5.16. The summed E-state index contributed by atoms with van der Waals surface area (Å²) in [7, 11) is 1.50. The van der Waals surface area contributed by atoms with Crippen molar-refractivity contribution >= 4 is 17.4 Å². The topological polar surface area (TPSA) is 46.5 Å². The van der Waals surface area contributed by atoms with Gasteiger partial charge in [0.2, 0.25) is 0 Å². The number of aliphatic hydroxyl groups is 1. The van der Waals surface area contributed by atoms with Crippen molar-refractivity contribution in [2.24, 2.45) is 5.92 Å². The number of ketones is 1. The molecule has 94 valence electrons. The van der Waals surface area contributed by atoms with E-state index in [-0.39, 0.29) is 11.7 Å². The molecule has 0 spiro atoms. The molecule has 1 unspecified atom stereocenters. The molecule has 0 aromatic heterocycles. The van der Waals surface area contributed by atoms with Crippen molar-refractivity contribution in [3.05, 3.63) is 28.3 Å². The van der Waals surface area contributed by atoms with E-state index in [2.05, 4.69) is 0 Å². The zero-order chi connectivity index (χ0) is 13.2. The fourth-order valence-corrected chi connectivity index (χ4v) is 1.70. The largest absolute Gasteiger partial charge is 0.496 e. The first kappa shape index (κ1) is 14.0. The number of hydrogen-bond acceptors (Lipinski definition) is 3. The molecule has 1 rings (SSSR count). The van der Waals surface area contributed by atoms with Gasteiger partial charge in [0.05, 0.1) is 7.11 Å². The van der Waals surface area contributed by atoms with Crippen LogP contribution in [0.1, 0.15) is 31.1 Å². The molecule has 0 fully saturated rings. The van der Waals surface area contributed by atoms with E-state index in [9.17, 15) is 9.90 Å². The Bertz CT molecular complexity index is 427. The predicted octanol–water partition coefficient (Wildman–Crippen LogP) is 2.92. The van der Waals surface area contributed by atoms with E-state index in [4.69, 9.17) is 16.3 Å². The highest BCUT2D eigenvalue weighted by Crippen LogP contribution is 2.32. The van der Waals surface area contributed by atoms with Gasteiger partial charge >= 0.3 is 0 Å². The monoisotopic (exact) mass is 256 g/mol. The van der Waals surface area contributed by atoms with Crippen LogP contribution >= 0.6 is 11.6 Å². The molecule has 0 saturated carbocycles. The van der Waals surface area contributed by atoms with Crippen LogP contribution in [0.4, 0.5) is 0 Å². The van der Waals surface area contributed by atoms with Crippen molar-refractivity contribution in [2.75, 3.05) is 7.11 Å². The van der Waals surface area contributed by atoms with Gasteiger partial charge in [-0.05, 0) is 24.6 Å². The number of ether oxygens (including phenoxy) is 1. The van der Waals surface area contributed by atoms with Crippen LogP contribution < -0.4 is 4.74 Å². The molecule has 4 heteroatoms. The Morgan fingerprint density at radius 3 is 2.47 bits per heavy atom.